The second-order valence-electron chi connectivity index (χ2n) is 12.0. The molecule has 2 aromatic carbocycles. The summed E-state index contributed by atoms with van der Waals surface area (Å²) in [5.41, 5.74) is 2.40. The lowest BCUT2D eigenvalue weighted by Gasteiger charge is -2.37. The zero-order chi connectivity index (χ0) is 32.4. The number of hydrogen-bond acceptors (Lipinski definition) is 12. The molecule has 13 nitrogen and oxygen atoms in total. The number of aromatic nitrogens is 3. The first-order chi connectivity index (χ1) is 21.2. The zero-order valence-electron chi connectivity index (χ0n) is 25.9. The van der Waals surface area contributed by atoms with Gasteiger partial charge in [-0.1, -0.05) is 24.3 Å². The van der Waals surface area contributed by atoms with Crippen LogP contribution >= 0.6 is 0 Å². The van der Waals surface area contributed by atoms with Crippen LogP contribution in [-0.2, 0) is 25.0 Å². The number of sulfone groups is 1. The van der Waals surface area contributed by atoms with E-state index < -0.39 is 27.2 Å². The molecule has 3 heterocycles. The lowest BCUT2D eigenvalue weighted by Crippen LogP contribution is -2.44. The van der Waals surface area contributed by atoms with Gasteiger partial charge in [0, 0.05) is 30.6 Å². The van der Waals surface area contributed by atoms with Crippen LogP contribution in [0.2, 0.25) is 0 Å². The smallest absolute Gasteiger partial charge is 0.495 e. The fourth-order valence-electron chi connectivity index (χ4n) is 5.05. The minimum absolute atomic E-state index is 0.196. The predicted molar refractivity (Wildman–Crippen MR) is 170 cm³/mol. The number of benzene rings is 2. The van der Waals surface area contributed by atoms with E-state index in [1.54, 1.807) is 50.7 Å². The number of fused-ring (bicyclic) bond motifs is 1. The Morgan fingerprint density at radius 3 is 2.49 bits per heavy atom. The van der Waals surface area contributed by atoms with Crippen LogP contribution in [-0.4, -0.2) is 77.3 Å². The molecule has 2 aromatic heterocycles. The van der Waals surface area contributed by atoms with Crippen molar-refractivity contribution >= 4 is 38.8 Å². The molecule has 1 saturated heterocycles. The molecule has 5 rings (SSSR count). The SMILES string of the molecule is COc1cc(C2(O)CCN(OC(=O)OC(C)(C)C)CC2)ccc1Nc1ncc2ccc(-c3ccccc3NCS(C)(=O)=O)n2n1. The molecule has 45 heavy (non-hydrogen) atoms. The number of hydrogen-bond donors (Lipinski definition) is 3. The number of anilines is 3. The summed E-state index contributed by atoms with van der Waals surface area (Å²) in [4.78, 5) is 21.8. The molecule has 0 amide bonds. The molecule has 0 aliphatic carbocycles. The molecule has 4 aromatic rings. The molecule has 0 spiro atoms. The normalized spacial score (nSPS) is 15.4. The summed E-state index contributed by atoms with van der Waals surface area (Å²) in [7, 11) is -1.69. The minimum Gasteiger partial charge on any atom is -0.495 e. The lowest BCUT2D eigenvalue weighted by molar-refractivity contribution is -0.177. The van der Waals surface area contributed by atoms with Gasteiger partial charge in [-0.2, -0.15) is 0 Å². The van der Waals surface area contributed by atoms with Crippen molar-refractivity contribution in [2.45, 2.75) is 44.8 Å². The summed E-state index contributed by atoms with van der Waals surface area (Å²) >= 11 is 0. The molecule has 0 unspecified atom stereocenters. The van der Waals surface area contributed by atoms with E-state index in [0.717, 1.165) is 16.8 Å². The number of carbonyl (C=O) groups is 1. The molecule has 0 bridgehead atoms. The van der Waals surface area contributed by atoms with Crippen molar-refractivity contribution in [2.24, 2.45) is 0 Å². The van der Waals surface area contributed by atoms with Crippen molar-refractivity contribution in [3.63, 3.8) is 0 Å². The van der Waals surface area contributed by atoms with Gasteiger partial charge in [-0.3, -0.25) is 0 Å². The Morgan fingerprint density at radius 1 is 1.07 bits per heavy atom. The van der Waals surface area contributed by atoms with Gasteiger partial charge in [0.2, 0.25) is 5.95 Å². The fourth-order valence-corrected chi connectivity index (χ4v) is 5.46. The third-order valence-electron chi connectivity index (χ3n) is 7.25. The average molecular weight is 639 g/mol. The first-order valence-corrected chi connectivity index (χ1v) is 16.5. The van der Waals surface area contributed by atoms with Crippen LogP contribution in [0.25, 0.3) is 16.8 Å². The minimum atomic E-state index is -3.23. The Balaban J connectivity index is 1.33. The maximum absolute atomic E-state index is 12.0. The topological polar surface area (TPSA) is 157 Å². The largest absolute Gasteiger partial charge is 0.528 e. The second-order valence-corrected chi connectivity index (χ2v) is 14.1. The highest BCUT2D eigenvalue weighted by atomic mass is 32.2. The maximum atomic E-state index is 12.0. The molecule has 0 saturated carbocycles. The van der Waals surface area contributed by atoms with Crippen molar-refractivity contribution in [3.05, 3.63) is 66.4 Å². The van der Waals surface area contributed by atoms with Gasteiger partial charge < -0.3 is 30.1 Å². The van der Waals surface area contributed by atoms with Gasteiger partial charge in [-0.25, -0.2) is 22.7 Å². The lowest BCUT2D eigenvalue weighted by atomic mass is 9.85. The second kappa shape index (κ2) is 12.5. The molecular formula is C31H38N6O7S. The average Bonchev–Trinajstić information content (AvgIpc) is 3.39. The monoisotopic (exact) mass is 638 g/mol. The molecule has 14 heteroatoms. The van der Waals surface area contributed by atoms with E-state index in [0.29, 0.717) is 54.6 Å². The highest BCUT2D eigenvalue weighted by Crippen LogP contribution is 2.38. The molecule has 1 fully saturated rings. The van der Waals surface area contributed by atoms with Crippen molar-refractivity contribution in [3.8, 4) is 17.0 Å². The van der Waals surface area contributed by atoms with Crippen LogP contribution in [0.4, 0.5) is 22.1 Å². The molecular weight excluding hydrogens is 600 g/mol. The van der Waals surface area contributed by atoms with Gasteiger partial charge in [0.15, 0.2) is 9.84 Å². The first-order valence-electron chi connectivity index (χ1n) is 14.4. The van der Waals surface area contributed by atoms with E-state index in [2.05, 4.69) is 15.6 Å². The van der Waals surface area contributed by atoms with E-state index >= 15 is 0 Å². The van der Waals surface area contributed by atoms with Crippen molar-refractivity contribution in [1.82, 2.24) is 19.7 Å². The predicted octanol–water partition coefficient (Wildman–Crippen LogP) is 4.71. The van der Waals surface area contributed by atoms with Gasteiger partial charge in [-0.05, 0) is 69.5 Å². The van der Waals surface area contributed by atoms with Crippen molar-refractivity contribution in [2.75, 3.05) is 43.0 Å². The molecule has 0 atom stereocenters. The van der Waals surface area contributed by atoms with Crippen LogP contribution in [0.3, 0.4) is 0 Å². The van der Waals surface area contributed by atoms with Crippen molar-refractivity contribution in [1.29, 1.82) is 0 Å². The Labute approximate surface area is 262 Å². The van der Waals surface area contributed by atoms with E-state index in [9.17, 15) is 18.3 Å². The summed E-state index contributed by atoms with van der Waals surface area (Å²) in [5, 5.41) is 23.9. The number of nitrogens with one attached hydrogen (secondary N) is 2. The number of methoxy groups -OCH3 is 1. The van der Waals surface area contributed by atoms with E-state index in [-0.39, 0.29) is 5.88 Å². The Kier molecular flexibility index (Phi) is 8.92. The van der Waals surface area contributed by atoms with Crippen LogP contribution in [0.5, 0.6) is 5.75 Å². The third kappa shape index (κ3) is 7.82. The van der Waals surface area contributed by atoms with Gasteiger partial charge >= 0.3 is 6.16 Å². The maximum Gasteiger partial charge on any atom is 0.528 e. The Hall–Kier alpha value is -4.40. The number of hydroxylamine groups is 2. The first kappa shape index (κ1) is 32.0. The fraction of sp³-hybridized carbons (Fsp3) is 0.387. The number of carbonyl (C=O) groups excluding carboxylic acids is 1. The molecule has 0 radical (unpaired) electrons. The summed E-state index contributed by atoms with van der Waals surface area (Å²) in [6.45, 7) is 5.96. The molecule has 1 aliphatic heterocycles. The quantitative estimate of drug-likeness (QED) is 0.217. The highest BCUT2D eigenvalue weighted by Gasteiger charge is 2.36. The molecule has 1 aliphatic rings. The Bertz CT molecular complexity index is 1790. The molecule has 240 valence electrons. The van der Waals surface area contributed by atoms with E-state index in [1.165, 1.54) is 11.3 Å². The van der Waals surface area contributed by atoms with Crippen LogP contribution in [0, 0.1) is 0 Å². The summed E-state index contributed by atoms with van der Waals surface area (Å²) in [6, 6.07) is 16.6. The molecule has 3 N–H and O–H groups in total. The van der Waals surface area contributed by atoms with E-state index in [4.69, 9.17) is 19.4 Å². The number of para-hydroxylation sites is 1. The van der Waals surface area contributed by atoms with Gasteiger partial charge in [0.1, 0.15) is 17.2 Å². The van der Waals surface area contributed by atoms with Crippen LogP contribution in [0.1, 0.15) is 39.2 Å². The van der Waals surface area contributed by atoms with Gasteiger partial charge in [-0.15, -0.1) is 10.2 Å². The highest BCUT2D eigenvalue weighted by molar-refractivity contribution is 7.90. The van der Waals surface area contributed by atoms with Gasteiger partial charge in [0.25, 0.3) is 0 Å². The number of ether oxygens (including phenoxy) is 2. The number of nitrogens with zero attached hydrogens (tertiary/aromatic N) is 4. The van der Waals surface area contributed by atoms with Crippen molar-refractivity contribution < 1.29 is 32.6 Å². The van der Waals surface area contributed by atoms with Crippen LogP contribution in [0.15, 0.2) is 60.8 Å². The third-order valence-corrected chi connectivity index (χ3v) is 7.92. The van der Waals surface area contributed by atoms with Crippen LogP contribution < -0.4 is 15.4 Å². The summed E-state index contributed by atoms with van der Waals surface area (Å²) in [5.74, 6) is 0.594. The van der Waals surface area contributed by atoms with E-state index in [1.807, 2.05) is 42.5 Å². The number of aliphatic hydroxyl groups is 1. The number of rotatable bonds is 9. The standard InChI is InChI=1S/C31H38N6O7S/c1-30(2,3)43-29(38)44-36-16-14-31(39,15-17-36)21-10-12-25(27(18-21)42-4)34-28-32-19-22-11-13-26(37(22)35-28)23-8-6-7-9-24(23)33-20-45(5,40)41/h6-13,18-19,33,39H,14-17,20H2,1-5H3,(H,34,35). The summed E-state index contributed by atoms with van der Waals surface area (Å²) in [6.07, 6.45) is 2.76. The van der Waals surface area contributed by atoms with Gasteiger partial charge in [0.05, 0.1) is 35.8 Å². The zero-order valence-corrected chi connectivity index (χ0v) is 26.7. The summed E-state index contributed by atoms with van der Waals surface area (Å²) < 4.78 is 36.1. The number of piperidine rings is 1. The Morgan fingerprint density at radius 2 is 1.80 bits per heavy atom.